The number of halogens is 2. The van der Waals surface area contributed by atoms with Crippen LogP contribution in [0.2, 0.25) is 5.02 Å². The van der Waals surface area contributed by atoms with Gasteiger partial charge >= 0.3 is 6.03 Å². The smallest absolute Gasteiger partial charge is 0.325 e. The first-order valence-electron chi connectivity index (χ1n) is 7.69. The Morgan fingerprint density at radius 3 is 2.68 bits per heavy atom. The van der Waals surface area contributed by atoms with Crippen LogP contribution in [0.3, 0.4) is 0 Å². The molecule has 0 saturated carbocycles. The number of nitrogens with one attached hydrogen (secondary N) is 1. The van der Waals surface area contributed by atoms with E-state index in [9.17, 15) is 9.59 Å². The molecule has 1 N–H and O–H groups in total. The van der Waals surface area contributed by atoms with Crippen molar-refractivity contribution in [2.45, 2.75) is 12.5 Å². The maximum Gasteiger partial charge on any atom is 0.325 e. The minimum Gasteiger partial charge on any atom is -0.492 e. The van der Waals surface area contributed by atoms with Crippen molar-refractivity contribution in [3.05, 3.63) is 63.6 Å². The lowest BCUT2D eigenvalue weighted by Crippen LogP contribution is -2.41. The Morgan fingerprint density at radius 1 is 1.20 bits per heavy atom. The summed E-state index contributed by atoms with van der Waals surface area (Å²) in [5, 5.41) is 3.34. The molecule has 1 aliphatic heterocycles. The van der Waals surface area contributed by atoms with Crippen molar-refractivity contribution in [3.63, 3.8) is 0 Å². The largest absolute Gasteiger partial charge is 0.492 e. The predicted octanol–water partition coefficient (Wildman–Crippen LogP) is 3.95. The number of urea groups is 1. The molecule has 130 valence electrons. The first kappa shape index (κ1) is 17.8. The molecule has 1 atom stereocenters. The fraction of sp³-hybridized carbons (Fsp3) is 0.222. The van der Waals surface area contributed by atoms with Crippen molar-refractivity contribution in [2.24, 2.45) is 0 Å². The highest BCUT2D eigenvalue weighted by molar-refractivity contribution is 9.10. The topological polar surface area (TPSA) is 58.6 Å². The zero-order valence-corrected chi connectivity index (χ0v) is 15.8. The van der Waals surface area contributed by atoms with Crippen LogP contribution in [0.25, 0.3) is 0 Å². The molecule has 2 aromatic rings. The number of carbonyl (C=O) groups excluding carboxylic acids is 2. The van der Waals surface area contributed by atoms with Gasteiger partial charge in [-0.1, -0.05) is 45.7 Å². The lowest BCUT2D eigenvalue weighted by Gasteiger charge is -2.22. The quantitative estimate of drug-likeness (QED) is 0.741. The molecule has 3 rings (SSSR count). The van der Waals surface area contributed by atoms with E-state index >= 15 is 0 Å². The fourth-order valence-electron chi connectivity index (χ4n) is 2.71. The highest BCUT2D eigenvalue weighted by atomic mass is 79.9. The summed E-state index contributed by atoms with van der Waals surface area (Å²) in [7, 11) is 0. The van der Waals surface area contributed by atoms with E-state index in [0.29, 0.717) is 10.8 Å². The second-order valence-electron chi connectivity index (χ2n) is 5.83. The standard InChI is InChI=1S/C18H16BrClN2O3/c1-18(12-4-2-5-13(19)10-12)16(23)22(17(24)21-18)8-9-25-15-7-3-6-14(20)11-15/h2-7,10-11H,8-9H2,1H3,(H,21,24). The zero-order valence-electron chi connectivity index (χ0n) is 13.5. The monoisotopic (exact) mass is 422 g/mol. The van der Waals surface area contributed by atoms with Gasteiger partial charge in [-0.3, -0.25) is 9.69 Å². The van der Waals surface area contributed by atoms with Gasteiger partial charge in [0, 0.05) is 9.50 Å². The Balaban J connectivity index is 1.69. The molecule has 2 aromatic carbocycles. The average molecular weight is 424 g/mol. The Bertz CT molecular complexity index is 829. The molecule has 1 aliphatic rings. The number of hydrogen-bond donors (Lipinski definition) is 1. The summed E-state index contributed by atoms with van der Waals surface area (Å²) in [6, 6.07) is 13.9. The van der Waals surface area contributed by atoms with Gasteiger partial charge < -0.3 is 10.1 Å². The Kier molecular flexibility index (Phi) is 5.01. The van der Waals surface area contributed by atoms with Crippen molar-refractivity contribution in [1.29, 1.82) is 0 Å². The third-order valence-corrected chi connectivity index (χ3v) is 4.78. The number of carbonyl (C=O) groups is 2. The average Bonchev–Trinajstić information content (AvgIpc) is 2.79. The lowest BCUT2D eigenvalue weighted by atomic mass is 9.92. The van der Waals surface area contributed by atoms with Crippen molar-refractivity contribution < 1.29 is 14.3 Å². The molecule has 1 saturated heterocycles. The molecule has 0 bridgehead atoms. The van der Waals surface area contributed by atoms with Gasteiger partial charge in [0.05, 0.1) is 6.54 Å². The third kappa shape index (κ3) is 3.65. The Hall–Kier alpha value is -2.05. The van der Waals surface area contributed by atoms with Crippen molar-refractivity contribution >= 4 is 39.5 Å². The molecule has 7 heteroatoms. The van der Waals surface area contributed by atoms with Crippen LogP contribution in [0, 0.1) is 0 Å². The van der Waals surface area contributed by atoms with Crippen LogP contribution >= 0.6 is 27.5 Å². The minimum atomic E-state index is -1.09. The van der Waals surface area contributed by atoms with Crippen LogP contribution < -0.4 is 10.1 Å². The molecule has 1 unspecified atom stereocenters. The summed E-state index contributed by atoms with van der Waals surface area (Å²) in [6.45, 7) is 2.04. The van der Waals surface area contributed by atoms with Crippen LogP contribution in [-0.2, 0) is 10.3 Å². The number of hydrogen-bond acceptors (Lipinski definition) is 3. The number of ether oxygens (including phenoxy) is 1. The lowest BCUT2D eigenvalue weighted by molar-refractivity contribution is -0.131. The van der Waals surface area contributed by atoms with Gasteiger partial charge in [0.25, 0.3) is 5.91 Å². The maximum absolute atomic E-state index is 12.8. The summed E-state index contributed by atoms with van der Waals surface area (Å²) in [6.07, 6.45) is 0. The normalized spacial score (nSPS) is 19.9. The summed E-state index contributed by atoms with van der Waals surface area (Å²) in [5.74, 6) is 0.291. The number of amides is 3. The van der Waals surface area contributed by atoms with Crippen molar-refractivity contribution in [1.82, 2.24) is 10.2 Å². The molecule has 25 heavy (non-hydrogen) atoms. The SMILES string of the molecule is CC1(c2cccc(Br)c2)NC(=O)N(CCOc2cccc(Cl)c2)C1=O. The molecule has 0 spiro atoms. The molecule has 3 amide bonds. The molecule has 1 heterocycles. The second-order valence-corrected chi connectivity index (χ2v) is 7.18. The van der Waals surface area contributed by atoms with Gasteiger partial charge in [0.2, 0.25) is 0 Å². The van der Waals surface area contributed by atoms with E-state index in [0.717, 1.165) is 10.0 Å². The molecular formula is C18H16BrClN2O3. The Labute approximate surface area is 159 Å². The summed E-state index contributed by atoms with van der Waals surface area (Å²) in [4.78, 5) is 26.2. The minimum absolute atomic E-state index is 0.154. The van der Waals surface area contributed by atoms with Crippen molar-refractivity contribution in [2.75, 3.05) is 13.2 Å². The zero-order chi connectivity index (χ0) is 18.0. The molecule has 0 aliphatic carbocycles. The maximum atomic E-state index is 12.8. The van der Waals surface area contributed by atoms with E-state index in [2.05, 4.69) is 21.2 Å². The summed E-state index contributed by atoms with van der Waals surface area (Å²) in [5.41, 5.74) is -0.366. The fourth-order valence-corrected chi connectivity index (χ4v) is 3.29. The first-order chi connectivity index (χ1) is 11.9. The van der Waals surface area contributed by atoms with E-state index < -0.39 is 11.6 Å². The van der Waals surface area contributed by atoms with Crippen LogP contribution in [0.1, 0.15) is 12.5 Å². The van der Waals surface area contributed by atoms with Crippen LogP contribution in [0.4, 0.5) is 4.79 Å². The summed E-state index contributed by atoms with van der Waals surface area (Å²) < 4.78 is 6.42. The van der Waals surface area contributed by atoms with E-state index in [1.54, 1.807) is 31.2 Å². The van der Waals surface area contributed by atoms with Crippen molar-refractivity contribution in [3.8, 4) is 5.75 Å². The van der Waals surface area contributed by atoms with Gasteiger partial charge in [-0.25, -0.2) is 4.79 Å². The van der Waals surface area contributed by atoms with Gasteiger partial charge in [-0.05, 0) is 42.8 Å². The third-order valence-electron chi connectivity index (χ3n) is 4.06. The number of benzene rings is 2. The first-order valence-corrected chi connectivity index (χ1v) is 8.86. The van der Waals surface area contributed by atoms with Crippen LogP contribution in [-0.4, -0.2) is 30.0 Å². The number of imide groups is 1. The molecule has 0 radical (unpaired) electrons. The van der Waals surface area contributed by atoms with Gasteiger partial charge in [-0.2, -0.15) is 0 Å². The predicted molar refractivity (Wildman–Crippen MR) is 98.7 cm³/mol. The molecular weight excluding hydrogens is 408 g/mol. The van der Waals surface area contributed by atoms with Gasteiger partial charge in [0.15, 0.2) is 0 Å². The van der Waals surface area contributed by atoms with Gasteiger partial charge in [0.1, 0.15) is 17.9 Å². The molecule has 5 nitrogen and oxygen atoms in total. The van der Waals surface area contributed by atoms with E-state index in [4.69, 9.17) is 16.3 Å². The van der Waals surface area contributed by atoms with Crippen LogP contribution in [0.5, 0.6) is 5.75 Å². The van der Waals surface area contributed by atoms with Gasteiger partial charge in [-0.15, -0.1) is 0 Å². The second kappa shape index (κ2) is 7.06. The molecule has 1 fully saturated rings. The highest BCUT2D eigenvalue weighted by Crippen LogP contribution is 2.30. The summed E-state index contributed by atoms with van der Waals surface area (Å²) >= 11 is 9.29. The van der Waals surface area contributed by atoms with E-state index in [1.165, 1.54) is 4.90 Å². The number of nitrogens with zero attached hydrogens (tertiary/aromatic N) is 1. The van der Waals surface area contributed by atoms with E-state index in [-0.39, 0.29) is 19.1 Å². The Morgan fingerprint density at radius 2 is 1.96 bits per heavy atom. The number of rotatable bonds is 5. The highest BCUT2D eigenvalue weighted by Gasteiger charge is 2.48. The molecule has 0 aromatic heterocycles. The van der Waals surface area contributed by atoms with E-state index in [1.807, 2.05) is 24.3 Å². The van der Waals surface area contributed by atoms with Crippen LogP contribution in [0.15, 0.2) is 53.0 Å².